The summed E-state index contributed by atoms with van der Waals surface area (Å²) in [6.45, 7) is 0.973. The number of aryl methyl sites for hydroxylation is 1. The molecule has 0 saturated carbocycles. The summed E-state index contributed by atoms with van der Waals surface area (Å²) < 4.78 is 24.1. The van der Waals surface area contributed by atoms with Gasteiger partial charge in [0, 0.05) is 32.6 Å². The maximum atomic E-state index is 12.6. The van der Waals surface area contributed by atoms with Crippen LogP contribution in [0.3, 0.4) is 0 Å². The highest BCUT2D eigenvalue weighted by Crippen LogP contribution is 2.23. The van der Waals surface area contributed by atoms with E-state index in [1.807, 2.05) is 17.0 Å². The smallest absolute Gasteiger partial charge is 0.224 e. The summed E-state index contributed by atoms with van der Waals surface area (Å²) in [5.41, 5.74) is 1.15. The molecule has 0 unspecified atom stereocenters. The van der Waals surface area contributed by atoms with Crippen LogP contribution in [0.2, 0.25) is 0 Å². The van der Waals surface area contributed by atoms with Crippen molar-refractivity contribution in [2.24, 2.45) is 0 Å². The highest BCUT2D eigenvalue weighted by Gasteiger charge is 2.26. The summed E-state index contributed by atoms with van der Waals surface area (Å²) in [5, 5.41) is 9.35. The molecule has 0 radical (unpaired) electrons. The van der Waals surface area contributed by atoms with Gasteiger partial charge in [-0.3, -0.25) is 4.79 Å². The highest BCUT2D eigenvalue weighted by atomic mass is 32.2. The molecule has 1 atom stereocenters. The Balaban J connectivity index is 1.90. The number of hydrogen-bond acceptors (Lipinski definition) is 4. The zero-order valence-electron chi connectivity index (χ0n) is 15.0. The third-order valence-electron chi connectivity index (χ3n) is 4.86. The van der Waals surface area contributed by atoms with E-state index in [4.69, 9.17) is 0 Å². The van der Waals surface area contributed by atoms with Crippen LogP contribution in [0.25, 0.3) is 0 Å². The summed E-state index contributed by atoms with van der Waals surface area (Å²) in [6.07, 6.45) is 6.23. The lowest BCUT2D eigenvalue weighted by Crippen LogP contribution is -2.45. The number of carbonyl (C=O) groups excluding carboxylic acids is 1. The lowest BCUT2D eigenvalue weighted by Gasteiger charge is -2.36. The molecular formula is C18H28N2O4S. The van der Waals surface area contributed by atoms with E-state index >= 15 is 0 Å². The Morgan fingerprint density at radius 2 is 1.96 bits per heavy atom. The van der Waals surface area contributed by atoms with Crippen LogP contribution >= 0.6 is 0 Å². The topological polar surface area (TPSA) is 77.9 Å². The number of carbonyl (C=O) groups is 1. The van der Waals surface area contributed by atoms with Crippen molar-refractivity contribution in [2.45, 2.75) is 44.6 Å². The number of likely N-dealkylation sites (tertiary alicyclic amines) is 1. The summed E-state index contributed by atoms with van der Waals surface area (Å²) in [5.74, 6) is 0.291. The largest absolute Gasteiger partial charge is 0.508 e. The Kier molecular flexibility index (Phi) is 6.84. The molecule has 1 N–H and O–H groups in total. The monoisotopic (exact) mass is 368 g/mol. The summed E-state index contributed by atoms with van der Waals surface area (Å²) >= 11 is 0. The minimum Gasteiger partial charge on any atom is -0.508 e. The minimum absolute atomic E-state index is 0.0332. The molecule has 140 valence electrons. The zero-order chi connectivity index (χ0) is 18.4. The number of amides is 1. The second-order valence-electron chi connectivity index (χ2n) is 6.78. The minimum atomic E-state index is -3.25. The number of piperidine rings is 1. The standard InChI is InChI=1S/C18H28N2O4S/c1-19(25(2,23)24)14-12-18(22)20-13-4-3-5-16(20)9-6-15-7-10-17(21)11-8-15/h7-8,10-11,16,21H,3-6,9,12-14H2,1-2H3/t16-/m1/s1. The molecule has 1 aliphatic rings. The second-order valence-corrected chi connectivity index (χ2v) is 8.87. The first-order chi connectivity index (χ1) is 11.8. The first-order valence-corrected chi connectivity index (χ1v) is 10.6. The van der Waals surface area contributed by atoms with Crippen LogP contribution in [0.15, 0.2) is 24.3 Å². The van der Waals surface area contributed by atoms with Crippen LogP contribution in [0.1, 0.15) is 37.7 Å². The molecule has 0 aromatic heterocycles. The predicted octanol–water partition coefficient (Wildman–Crippen LogP) is 1.99. The van der Waals surface area contributed by atoms with E-state index in [1.54, 1.807) is 12.1 Å². The Morgan fingerprint density at radius 1 is 1.28 bits per heavy atom. The van der Waals surface area contributed by atoms with E-state index in [2.05, 4.69) is 0 Å². The third-order valence-corrected chi connectivity index (χ3v) is 6.17. The molecule has 25 heavy (non-hydrogen) atoms. The number of nitrogens with zero attached hydrogens (tertiary/aromatic N) is 2. The molecule has 1 aromatic rings. The van der Waals surface area contributed by atoms with Crippen molar-refractivity contribution in [3.8, 4) is 5.75 Å². The van der Waals surface area contributed by atoms with Gasteiger partial charge in [0.15, 0.2) is 0 Å². The number of rotatable bonds is 7. The van der Waals surface area contributed by atoms with Gasteiger partial charge in [-0.15, -0.1) is 0 Å². The fraction of sp³-hybridized carbons (Fsp3) is 0.611. The van der Waals surface area contributed by atoms with Gasteiger partial charge in [-0.05, 0) is 49.8 Å². The van der Waals surface area contributed by atoms with Gasteiger partial charge in [0.05, 0.1) is 6.26 Å². The number of benzene rings is 1. The Morgan fingerprint density at radius 3 is 2.60 bits per heavy atom. The van der Waals surface area contributed by atoms with E-state index in [-0.39, 0.29) is 30.7 Å². The number of phenolic OH excluding ortho intramolecular Hbond substituents is 1. The van der Waals surface area contributed by atoms with Crippen LogP contribution in [-0.4, -0.2) is 61.1 Å². The number of aromatic hydroxyl groups is 1. The number of sulfonamides is 1. The number of phenols is 1. The van der Waals surface area contributed by atoms with Crippen molar-refractivity contribution < 1.29 is 18.3 Å². The second kappa shape index (κ2) is 8.67. The Labute approximate surface area is 150 Å². The predicted molar refractivity (Wildman–Crippen MR) is 97.9 cm³/mol. The first kappa shape index (κ1) is 19.7. The molecule has 0 aliphatic carbocycles. The normalized spacial score (nSPS) is 18.5. The quantitative estimate of drug-likeness (QED) is 0.798. The molecule has 1 aliphatic heterocycles. The van der Waals surface area contributed by atoms with E-state index in [0.717, 1.165) is 50.5 Å². The molecule has 0 bridgehead atoms. The van der Waals surface area contributed by atoms with Crippen LogP contribution in [-0.2, 0) is 21.2 Å². The van der Waals surface area contributed by atoms with Crippen molar-refractivity contribution in [1.82, 2.24) is 9.21 Å². The molecule has 1 saturated heterocycles. The molecule has 1 heterocycles. The van der Waals surface area contributed by atoms with Gasteiger partial charge in [0.1, 0.15) is 5.75 Å². The summed E-state index contributed by atoms with van der Waals surface area (Å²) in [6, 6.07) is 7.38. The van der Waals surface area contributed by atoms with Crippen molar-refractivity contribution in [1.29, 1.82) is 0 Å². The van der Waals surface area contributed by atoms with Gasteiger partial charge in [0.25, 0.3) is 0 Å². The molecule has 1 fully saturated rings. The van der Waals surface area contributed by atoms with Gasteiger partial charge >= 0.3 is 0 Å². The maximum Gasteiger partial charge on any atom is 0.224 e. The lowest BCUT2D eigenvalue weighted by atomic mass is 9.95. The molecule has 2 rings (SSSR count). The van der Waals surface area contributed by atoms with Gasteiger partial charge < -0.3 is 10.0 Å². The molecule has 1 aromatic carbocycles. The highest BCUT2D eigenvalue weighted by molar-refractivity contribution is 7.88. The van der Waals surface area contributed by atoms with Crippen molar-refractivity contribution in [3.05, 3.63) is 29.8 Å². The van der Waals surface area contributed by atoms with Crippen molar-refractivity contribution in [3.63, 3.8) is 0 Å². The Hall–Kier alpha value is -1.60. The maximum absolute atomic E-state index is 12.6. The molecular weight excluding hydrogens is 340 g/mol. The van der Waals surface area contributed by atoms with Gasteiger partial charge in [0.2, 0.25) is 15.9 Å². The summed E-state index contributed by atoms with van der Waals surface area (Å²) in [4.78, 5) is 14.5. The van der Waals surface area contributed by atoms with E-state index in [1.165, 1.54) is 11.4 Å². The molecule has 1 amide bonds. The fourth-order valence-electron chi connectivity index (χ4n) is 3.19. The zero-order valence-corrected chi connectivity index (χ0v) is 15.8. The van der Waals surface area contributed by atoms with Crippen LogP contribution < -0.4 is 0 Å². The van der Waals surface area contributed by atoms with E-state index in [0.29, 0.717) is 0 Å². The fourth-order valence-corrected chi connectivity index (χ4v) is 3.61. The van der Waals surface area contributed by atoms with Crippen LogP contribution in [0.5, 0.6) is 5.75 Å². The average molecular weight is 368 g/mol. The SMILES string of the molecule is CN(CCC(=O)N1CCCC[C@@H]1CCc1ccc(O)cc1)S(C)(=O)=O. The van der Waals surface area contributed by atoms with E-state index < -0.39 is 10.0 Å². The Bertz CT molecular complexity index is 673. The third kappa shape index (κ3) is 6.01. The average Bonchev–Trinajstić information content (AvgIpc) is 2.58. The summed E-state index contributed by atoms with van der Waals surface area (Å²) in [7, 11) is -1.75. The van der Waals surface area contributed by atoms with Crippen molar-refractivity contribution >= 4 is 15.9 Å². The van der Waals surface area contributed by atoms with E-state index in [9.17, 15) is 18.3 Å². The van der Waals surface area contributed by atoms with Gasteiger partial charge in [-0.2, -0.15) is 0 Å². The van der Waals surface area contributed by atoms with Gasteiger partial charge in [-0.1, -0.05) is 12.1 Å². The first-order valence-electron chi connectivity index (χ1n) is 8.76. The van der Waals surface area contributed by atoms with Crippen LogP contribution in [0, 0.1) is 0 Å². The van der Waals surface area contributed by atoms with Crippen molar-refractivity contribution in [2.75, 3.05) is 26.4 Å². The molecule has 7 heteroatoms. The number of hydrogen-bond donors (Lipinski definition) is 1. The van der Waals surface area contributed by atoms with Crippen LogP contribution in [0.4, 0.5) is 0 Å². The molecule has 6 nitrogen and oxygen atoms in total. The molecule has 0 spiro atoms. The lowest BCUT2D eigenvalue weighted by molar-refractivity contribution is -0.135. The van der Waals surface area contributed by atoms with Gasteiger partial charge in [-0.25, -0.2) is 12.7 Å².